The number of likely N-dealkylation sites (tertiary alicyclic amines) is 1. The Hall–Kier alpha value is -1.19. The van der Waals surface area contributed by atoms with Crippen LogP contribution in [-0.4, -0.2) is 56.7 Å². The first kappa shape index (κ1) is 15.9. The first-order valence-electron chi connectivity index (χ1n) is 6.00. The van der Waals surface area contributed by atoms with Crippen LogP contribution >= 0.6 is 0 Å². The van der Waals surface area contributed by atoms with E-state index in [9.17, 15) is 18.0 Å². The van der Waals surface area contributed by atoms with Gasteiger partial charge in [0.25, 0.3) is 0 Å². The lowest BCUT2D eigenvalue weighted by Gasteiger charge is -2.35. The number of nitrogens with one attached hydrogen (secondary N) is 2. The average Bonchev–Trinajstić information content (AvgIpc) is 2.26. The molecule has 0 aromatic carbocycles. The highest BCUT2D eigenvalue weighted by Gasteiger charge is 2.28. The molecule has 110 valence electrons. The van der Waals surface area contributed by atoms with Crippen LogP contribution < -0.4 is 15.8 Å². The van der Waals surface area contributed by atoms with Crippen molar-refractivity contribution in [2.75, 3.05) is 19.3 Å². The van der Waals surface area contributed by atoms with Crippen molar-refractivity contribution in [3.05, 3.63) is 0 Å². The highest BCUT2D eigenvalue weighted by Crippen LogP contribution is 2.13. The summed E-state index contributed by atoms with van der Waals surface area (Å²) in [5.74, 6) is -0.443. The zero-order chi connectivity index (χ0) is 14.6. The van der Waals surface area contributed by atoms with Gasteiger partial charge in [0.15, 0.2) is 0 Å². The number of imide groups is 1. The van der Waals surface area contributed by atoms with Crippen molar-refractivity contribution < 1.29 is 18.0 Å². The number of amides is 3. The molecule has 0 spiro atoms. The highest BCUT2D eigenvalue weighted by molar-refractivity contribution is 7.88. The molecule has 1 heterocycles. The van der Waals surface area contributed by atoms with Crippen molar-refractivity contribution in [1.82, 2.24) is 14.9 Å². The minimum atomic E-state index is -3.20. The van der Waals surface area contributed by atoms with Gasteiger partial charge in [0.1, 0.15) is 0 Å². The molecule has 8 nitrogen and oxygen atoms in total. The average molecular weight is 292 g/mol. The number of rotatable bonds is 4. The predicted octanol–water partition coefficient (Wildman–Crippen LogP) is -1.42. The number of urea groups is 1. The minimum Gasteiger partial charge on any atom is -0.351 e. The fraction of sp³-hybridized carbons (Fsp3) is 0.800. The maximum absolute atomic E-state index is 11.6. The van der Waals surface area contributed by atoms with Crippen LogP contribution in [0.5, 0.6) is 0 Å². The van der Waals surface area contributed by atoms with Crippen molar-refractivity contribution >= 4 is 22.0 Å². The van der Waals surface area contributed by atoms with Crippen LogP contribution in [0.2, 0.25) is 0 Å². The normalized spacial score (nSPS) is 19.9. The van der Waals surface area contributed by atoms with Crippen LogP contribution in [0.25, 0.3) is 0 Å². The molecule has 1 aliphatic rings. The summed E-state index contributed by atoms with van der Waals surface area (Å²) in [5.41, 5.74) is 4.89. The van der Waals surface area contributed by atoms with Gasteiger partial charge < -0.3 is 5.73 Å². The van der Waals surface area contributed by atoms with Gasteiger partial charge in [-0.05, 0) is 19.8 Å². The minimum absolute atomic E-state index is 0.0994. The van der Waals surface area contributed by atoms with E-state index in [0.717, 1.165) is 6.26 Å². The van der Waals surface area contributed by atoms with Gasteiger partial charge in [0.2, 0.25) is 15.9 Å². The molecule has 1 aliphatic heterocycles. The quantitative estimate of drug-likeness (QED) is 0.587. The fourth-order valence-corrected chi connectivity index (χ4v) is 2.94. The van der Waals surface area contributed by atoms with Gasteiger partial charge in [0, 0.05) is 19.1 Å². The van der Waals surface area contributed by atoms with Crippen molar-refractivity contribution in [3.63, 3.8) is 0 Å². The molecule has 0 unspecified atom stereocenters. The monoisotopic (exact) mass is 292 g/mol. The van der Waals surface area contributed by atoms with Crippen molar-refractivity contribution in [3.8, 4) is 0 Å². The number of hydrogen-bond acceptors (Lipinski definition) is 5. The largest absolute Gasteiger partial charge is 0.351 e. The summed E-state index contributed by atoms with van der Waals surface area (Å²) in [4.78, 5) is 24.1. The highest BCUT2D eigenvalue weighted by atomic mass is 32.2. The van der Waals surface area contributed by atoms with E-state index < -0.39 is 28.0 Å². The zero-order valence-electron chi connectivity index (χ0n) is 11.0. The summed E-state index contributed by atoms with van der Waals surface area (Å²) < 4.78 is 24.8. The molecule has 0 aliphatic carbocycles. The SMILES string of the molecule is C[C@H](C(=O)NC(N)=O)N1CCC(NS(C)(=O)=O)CC1. The van der Waals surface area contributed by atoms with E-state index in [1.807, 2.05) is 10.2 Å². The summed E-state index contributed by atoms with van der Waals surface area (Å²) in [6.45, 7) is 2.85. The molecule has 4 N–H and O–H groups in total. The Balaban J connectivity index is 2.45. The summed E-state index contributed by atoms with van der Waals surface area (Å²) in [7, 11) is -3.20. The van der Waals surface area contributed by atoms with E-state index in [0.29, 0.717) is 25.9 Å². The van der Waals surface area contributed by atoms with E-state index >= 15 is 0 Å². The van der Waals surface area contributed by atoms with E-state index in [1.54, 1.807) is 6.92 Å². The number of piperidine rings is 1. The second-order valence-electron chi connectivity index (χ2n) is 4.73. The van der Waals surface area contributed by atoms with Gasteiger partial charge in [-0.25, -0.2) is 17.9 Å². The number of carbonyl (C=O) groups is 2. The Morgan fingerprint density at radius 3 is 2.26 bits per heavy atom. The third-order valence-electron chi connectivity index (χ3n) is 3.08. The molecular weight excluding hydrogens is 272 g/mol. The number of nitrogens with two attached hydrogens (primary N) is 1. The second-order valence-corrected chi connectivity index (χ2v) is 6.51. The number of hydrogen-bond donors (Lipinski definition) is 3. The Kier molecular flexibility index (Phi) is 5.27. The lowest BCUT2D eigenvalue weighted by Crippen LogP contribution is -2.53. The maximum atomic E-state index is 11.6. The van der Waals surface area contributed by atoms with E-state index in [1.165, 1.54) is 0 Å². The molecule has 3 amide bonds. The van der Waals surface area contributed by atoms with Gasteiger partial charge in [-0.15, -0.1) is 0 Å². The molecule has 0 bridgehead atoms. The van der Waals surface area contributed by atoms with Crippen molar-refractivity contribution in [1.29, 1.82) is 0 Å². The summed E-state index contributed by atoms with van der Waals surface area (Å²) in [6, 6.07) is -1.44. The zero-order valence-corrected chi connectivity index (χ0v) is 11.9. The van der Waals surface area contributed by atoms with Crippen LogP contribution in [-0.2, 0) is 14.8 Å². The van der Waals surface area contributed by atoms with Gasteiger partial charge in [-0.2, -0.15) is 0 Å². The smallest absolute Gasteiger partial charge is 0.318 e. The van der Waals surface area contributed by atoms with Gasteiger partial charge >= 0.3 is 6.03 Å². The van der Waals surface area contributed by atoms with Crippen LogP contribution in [0.15, 0.2) is 0 Å². The van der Waals surface area contributed by atoms with Crippen molar-refractivity contribution in [2.24, 2.45) is 5.73 Å². The molecule has 0 aromatic rings. The predicted molar refractivity (Wildman–Crippen MR) is 69.8 cm³/mol. The molecular formula is C10H20N4O4S. The Bertz CT molecular complexity index is 442. The standard InChI is InChI=1S/C10H20N4O4S/c1-7(9(15)12-10(11)16)14-5-3-8(4-6-14)13-19(2,17)18/h7-8,13H,3-6H2,1-2H3,(H3,11,12,15,16)/t7-/m1/s1. The Morgan fingerprint density at radius 1 is 1.32 bits per heavy atom. The molecule has 1 atom stereocenters. The molecule has 0 aromatic heterocycles. The fourth-order valence-electron chi connectivity index (χ4n) is 2.10. The second kappa shape index (κ2) is 6.31. The molecule has 0 radical (unpaired) electrons. The Morgan fingerprint density at radius 2 is 1.84 bits per heavy atom. The molecule has 9 heteroatoms. The van der Waals surface area contributed by atoms with Gasteiger partial charge in [-0.3, -0.25) is 15.0 Å². The van der Waals surface area contributed by atoms with Crippen LogP contribution in [0.4, 0.5) is 4.79 Å². The third-order valence-corrected chi connectivity index (χ3v) is 3.85. The molecule has 1 rings (SSSR count). The first-order valence-corrected chi connectivity index (χ1v) is 7.90. The topological polar surface area (TPSA) is 122 Å². The summed E-state index contributed by atoms with van der Waals surface area (Å²) >= 11 is 0. The lowest BCUT2D eigenvalue weighted by molar-refractivity contribution is -0.125. The molecule has 1 saturated heterocycles. The van der Waals surface area contributed by atoms with E-state index in [4.69, 9.17) is 5.73 Å². The Labute approximate surface area is 112 Å². The van der Waals surface area contributed by atoms with E-state index in [2.05, 4.69) is 4.72 Å². The molecule has 1 fully saturated rings. The lowest BCUT2D eigenvalue weighted by atomic mass is 10.0. The van der Waals surface area contributed by atoms with Crippen LogP contribution in [0, 0.1) is 0 Å². The van der Waals surface area contributed by atoms with Crippen LogP contribution in [0.3, 0.4) is 0 Å². The number of nitrogens with zero attached hydrogens (tertiary/aromatic N) is 1. The van der Waals surface area contributed by atoms with Crippen LogP contribution in [0.1, 0.15) is 19.8 Å². The maximum Gasteiger partial charge on any atom is 0.318 e. The van der Waals surface area contributed by atoms with Gasteiger partial charge in [-0.1, -0.05) is 0 Å². The third kappa shape index (κ3) is 5.53. The van der Waals surface area contributed by atoms with Crippen molar-refractivity contribution in [2.45, 2.75) is 31.8 Å². The molecule has 19 heavy (non-hydrogen) atoms. The summed E-state index contributed by atoms with van der Waals surface area (Å²) in [6.07, 6.45) is 2.38. The molecule has 0 saturated carbocycles. The number of sulfonamides is 1. The summed E-state index contributed by atoms with van der Waals surface area (Å²) in [5, 5.41) is 2.04. The first-order chi connectivity index (χ1) is 8.69. The van der Waals surface area contributed by atoms with Gasteiger partial charge in [0.05, 0.1) is 12.3 Å². The number of carbonyl (C=O) groups excluding carboxylic acids is 2. The van der Waals surface area contributed by atoms with E-state index in [-0.39, 0.29) is 6.04 Å². The number of primary amides is 1.